The molecule has 6 nitrogen and oxygen atoms in total. The van der Waals surface area contributed by atoms with Gasteiger partial charge in [0, 0.05) is 18.1 Å². The molecule has 3 aromatic rings. The van der Waals surface area contributed by atoms with E-state index in [2.05, 4.69) is 21.4 Å². The van der Waals surface area contributed by atoms with Crippen LogP contribution in [0.4, 0.5) is 11.5 Å². The van der Waals surface area contributed by atoms with Gasteiger partial charge in [-0.1, -0.05) is 0 Å². The molecule has 0 aliphatic carbocycles. The van der Waals surface area contributed by atoms with Crippen molar-refractivity contribution in [2.24, 2.45) is 0 Å². The Labute approximate surface area is 138 Å². The molecule has 0 saturated carbocycles. The minimum atomic E-state index is 0.232. The van der Waals surface area contributed by atoms with Crippen LogP contribution in [-0.4, -0.2) is 9.97 Å². The Bertz CT molecular complexity index is 921. The summed E-state index contributed by atoms with van der Waals surface area (Å²) >= 11 is 0. The number of hydrogen-bond acceptors (Lipinski definition) is 6. The van der Waals surface area contributed by atoms with Crippen molar-refractivity contribution in [2.75, 3.05) is 5.32 Å². The molecule has 0 aliphatic rings. The van der Waals surface area contributed by atoms with Crippen molar-refractivity contribution >= 4 is 11.5 Å². The molecule has 0 unspecified atom stereocenters. The van der Waals surface area contributed by atoms with E-state index in [1.165, 1.54) is 12.4 Å². The van der Waals surface area contributed by atoms with Gasteiger partial charge in [0.15, 0.2) is 11.5 Å². The lowest BCUT2D eigenvalue weighted by molar-refractivity contribution is 0.483. The molecular weight excluding hydrogens is 302 g/mol. The van der Waals surface area contributed by atoms with E-state index >= 15 is 0 Å². The van der Waals surface area contributed by atoms with Crippen molar-refractivity contribution in [3.63, 3.8) is 0 Å². The molecule has 0 atom stereocenters. The van der Waals surface area contributed by atoms with Crippen LogP contribution in [0.15, 0.2) is 60.9 Å². The first kappa shape index (κ1) is 15.0. The summed E-state index contributed by atoms with van der Waals surface area (Å²) in [5.74, 6) is 1.71. The van der Waals surface area contributed by atoms with Gasteiger partial charge in [0.1, 0.15) is 17.6 Å². The first-order chi connectivity index (χ1) is 11.8. The Kier molecular flexibility index (Phi) is 4.32. The van der Waals surface area contributed by atoms with Crippen LogP contribution in [0.5, 0.6) is 11.5 Å². The SMILES string of the molecule is N#Cc1ccc(Oc2ccc(Nc3nccnc3C#N)cc2)cc1. The molecule has 0 amide bonds. The summed E-state index contributed by atoms with van der Waals surface area (Å²) in [6.45, 7) is 0. The first-order valence-electron chi connectivity index (χ1n) is 7.05. The highest BCUT2D eigenvalue weighted by Crippen LogP contribution is 2.24. The Morgan fingerprint density at radius 1 is 0.792 bits per heavy atom. The molecule has 6 heteroatoms. The average Bonchev–Trinajstić information content (AvgIpc) is 2.64. The van der Waals surface area contributed by atoms with Crippen molar-refractivity contribution in [1.29, 1.82) is 10.5 Å². The number of hydrogen-bond donors (Lipinski definition) is 1. The van der Waals surface area contributed by atoms with Gasteiger partial charge in [0.05, 0.1) is 11.6 Å². The normalized spacial score (nSPS) is 9.58. The molecule has 0 saturated heterocycles. The monoisotopic (exact) mass is 313 g/mol. The Balaban J connectivity index is 1.71. The van der Waals surface area contributed by atoms with Gasteiger partial charge in [0.2, 0.25) is 0 Å². The van der Waals surface area contributed by atoms with E-state index in [-0.39, 0.29) is 5.69 Å². The maximum absolute atomic E-state index is 9.01. The van der Waals surface area contributed by atoms with Crippen LogP contribution < -0.4 is 10.1 Å². The van der Waals surface area contributed by atoms with E-state index in [0.29, 0.717) is 22.9 Å². The van der Waals surface area contributed by atoms with Crippen LogP contribution in [0, 0.1) is 22.7 Å². The molecule has 0 radical (unpaired) electrons. The molecule has 0 spiro atoms. The lowest BCUT2D eigenvalue weighted by Crippen LogP contribution is -1.98. The fourth-order valence-electron chi connectivity index (χ4n) is 1.99. The minimum Gasteiger partial charge on any atom is -0.457 e. The van der Waals surface area contributed by atoms with Gasteiger partial charge in [-0.2, -0.15) is 10.5 Å². The van der Waals surface area contributed by atoms with Crippen LogP contribution in [0.25, 0.3) is 0 Å². The highest BCUT2D eigenvalue weighted by molar-refractivity contribution is 5.61. The van der Waals surface area contributed by atoms with Crippen LogP contribution >= 0.6 is 0 Å². The summed E-state index contributed by atoms with van der Waals surface area (Å²) in [4.78, 5) is 8.04. The number of benzene rings is 2. The summed E-state index contributed by atoms with van der Waals surface area (Å²) in [5, 5.41) is 20.8. The van der Waals surface area contributed by atoms with Crippen molar-refractivity contribution in [3.05, 3.63) is 72.2 Å². The third-order valence-corrected chi connectivity index (χ3v) is 3.14. The third-order valence-electron chi connectivity index (χ3n) is 3.14. The molecule has 0 aliphatic heterocycles. The van der Waals surface area contributed by atoms with Crippen molar-refractivity contribution < 1.29 is 4.74 Å². The number of anilines is 2. The Hall–Kier alpha value is -3.90. The summed E-state index contributed by atoms with van der Waals surface area (Å²) in [6.07, 6.45) is 2.99. The maximum Gasteiger partial charge on any atom is 0.183 e. The lowest BCUT2D eigenvalue weighted by Gasteiger charge is -2.08. The molecule has 1 heterocycles. The van der Waals surface area contributed by atoms with E-state index in [1.807, 2.05) is 18.2 Å². The second kappa shape index (κ2) is 6.91. The zero-order chi connectivity index (χ0) is 16.8. The summed E-state index contributed by atoms with van der Waals surface area (Å²) in [5.41, 5.74) is 1.58. The fourth-order valence-corrected chi connectivity index (χ4v) is 1.99. The molecule has 0 bridgehead atoms. The summed E-state index contributed by atoms with van der Waals surface area (Å²) < 4.78 is 5.71. The molecule has 24 heavy (non-hydrogen) atoms. The Morgan fingerprint density at radius 2 is 1.42 bits per heavy atom. The molecular formula is C18H11N5O. The van der Waals surface area contributed by atoms with Crippen molar-refractivity contribution in [1.82, 2.24) is 9.97 Å². The molecule has 1 N–H and O–H groups in total. The number of aromatic nitrogens is 2. The number of rotatable bonds is 4. The van der Waals surface area contributed by atoms with Gasteiger partial charge in [-0.05, 0) is 48.5 Å². The molecule has 0 fully saturated rings. The second-order valence-electron chi connectivity index (χ2n) is 4.75. The molecule has 1 aromatic heterocycles. The number of ether oxygens (including phenoxy) is 1. The van der Waals surface area contributed by atoms with E-state index in [9.17, 15) is 0 Å². The number of nitrogens with zero attached hydrogens (tertiary/aromatic N) is 4. The highest BCUT2D eigenvalue weighted by Gasteiger charge is 2.05. The Morgan fingerprint density at radius 3 is 2.04 bits per heavy atom. The third kappa shape index (κ3) is 3.46. The standard InChI is InChI=1S/C18H11N5O/c19-11-13-1-5-15(6-2-13)24-16-7-3-14(4-8-16)23-18-17(12-20)21-9-10-22-18/h1-10H,(H,22,23). The topological polar surface area (TPSA) is 94.6 Å². The molecule has 3 rings (SSSR count). The average molecular weight is 313 g/mol. The van der Waals surface area contributed by atoms with Gasteiger partial charge in [-0.15, -0.1) is 0 Å². The summed E-state index contributed by atoms with van der Waals surface area (Å²) in [7, 11) is 0. The quantitative estimate of drug-likeness (QED) is 0.788. The zero-order valence-electron chi connectivity index (χ0n) is 12.5. The van der Waals surface area contributed by atoms with E-state index in [1.54, 1.807) is 36.4 Å². The van der Waals surface area contributed by atoms with E-state index in [4.69, 9.17) is 15.3 Å². The molecule has 114 valence electrons. The fraction of sp³-hybridized carbons (Fsp3) is 0. The smallest absolute Gasteiger partial charge is 0.183 e. The van der Waals surface area contributed by atoms with Gasteiger partial charge in [-0.3, -0.25) is 0 Å². The van der Waals surface area contributed by atoms with Crippen molar-refractivity contribution in [2.45, 2.75) is 0 Å². The highest BCUT2D eigenvalue weighted by atomic mass is 16.5. The van der Waals surface area contributed by atoms with Gasteiger partial charge in [0.25, 0.3) is 0 Å². The van der Waals surface area contributed by atoms with Crippen molar-refractivity contribution in [3.8, 4) is 23.6 Å². The second-order valence-corrected chi connectivity index (χ2v) is 4.75. The van der Waals surface area contributed by atoms with Gasteiger partial charge >= 0.3 is 0 Å². The molecule has 2 aromatic carbocycles. The van der Waals surface area contributed by atoms with Crippen LogP contribution in [0.1, 0.15) is 11.3 Å². The maximum atomic E-state index is 9.01. The zero-order valence-corrected chi connectivity index (χ0v) is 12.5. The van der Waals surface area contributed by atoms with Crippen LogP contribution in [0.2, 0.25) is 0 Å². The predicted molar refractivity (Wildman–Crippen MR) is 87.7 cm³/mol. The number of nitriles is 2. The van der Waals surface area contributed by atoms with E-state index in [0.717, 1.165) is 5.69 Å². The van der Waals surface area contributed by atoms with Gasteiger partial charge in [-0.25, -0.2) is 9.97 Å². The minimum absolute atomic E-state index is 0.232. The summed E-state index contributed by atoms with van der Waals surface area (Å²) in [6, 6.07) is 18.1. The predicted octanol–water partition coefficient (Wildman–Crippen LogP) is 3.76. The van der Waals surface area contributed by atoms with Crippen LogP contribution in [0.3, 0.4) is 0 Å². The van der Waals surface area contributed by atoms with Gasteiger partial charge < -0.3 is 10.1 Å². The largest absolute Gasteiger partial charge is 0.457 e. The number of nitrogens with one attached hydrogen (secondary N) is 1. The first-order valence-corrected chi connectivity index (χ1v) is 7.05. The van der Waals surface area contributed by atoms with Crippen LogP contribution in [-0.2, 0) is 0 Å². The van der Waals surface area contributed by atoms with E-state index < -0.39 is 0 Å². The lowest BCUT2D eigenvalue weighted by atomic mass is 10.2.